The van der Waals surface area contributed by atoms with Crippen LogP contribution in [0.5, 0.6) is 0 Å². The van der Waals surface area contributed by atoms with Gasteiger partial charge in [0.25, 0.3) is 0 Å². The van der Waals surface area contributed by atoms with Crippen molar-refractivity contribution < 1.29 is 4.42 Å². The van der Waals surface area contributed by atoms with Crippen molar-refractivity contribution in [2.75, 3.05) is 0 Å². The van der Waals surface area contributed by atoms with Crippen LogP contribution in [0.4, 0.5) is 0 Å². The van der Waals surface area contributed by atoms with E-state index in [4.69, 9.17) is 10.2 Å². The van der Waals surface area contributed by atoms with E-state index in [1.165, 1.54) is 32.1 Å². The van der Waals surface area contributed by atoms with Crippen LogP contribution in [0, 0.1) is 29.6 Å². The van der Waals surface area contributed by atoms with Gasteiger partial charge in [-0.3, -0.25) is 0 Å². The van der Waals surface area contributed by atoms with Crippen molar-refractivity contribution >= 4 is 5.57 Å². The Bertz CT molecular complexity index is 506. The molecule has 0 spiro atoms. The van der Waals surface area contributed by atoms with Gasteiger partial charge < -0.3 is 10.2 Å². The van der Waals surface area contributed by atoms with Crippen molar-refractivity contribution in [3.63, 3.8) is 0 Å². The average molecular weight is 273 g/mol. The second-order valence-electron chi connectivity index (χ2n) is 7.06. The maximum Gasteiger partial charge on any atom is 0.243 e. The summed E-state index contributed by atoms with van der Waals surface area (Å²) in [6.45, 7) is 2.41. The summed E-state index contributed by atoms with van der Waals surface area (Å²) in [5.74, 6) is 5.76. The predicted molar refractivity (Wildman–Crippen MR) is 76.4 cm³/mol. The van der Waals surface area contributed by atoms with E-state index < -0.39 is 0 Å². The maximum atomic E-state index is 5.57. The van der Waals surface area contributed by atoms with Crippen LogP contribution < -0.4 is 5.73 Å². The third-order valence-electron chi connectivity index (χ3n) is 5.72. The molecule has 4 bridgehead atoms. The number of rotatable bonds is 3. The molecular weight excluding hydrogens is 250 g/mol. The van der Waals surface area contributed by atoms with E-state index in [1.54, 1.807) is 0 Å². The van der Waals surface area contributed by atoms with Gasteiger partial charge in [0.15, 0.2) is 0 Å². The lowest BCUT2D eigenvalue weighted by Gasteiger charge is -2.53. The monoisotopic (exact) mass is 273 g/mol. The van der Waals surface area contributed by atoms with Crippen LogP contribution in [0.25, 0.3) is 5.57 Å². The Kier molecular flexibility index (Phi) is 2.95. The summed E-state index contributed by atoms with van der Waals surface area (Å²) < 4.78 is 5.57. The quantitative estimate of drug-likeness (QED) is 0.919. The number of hydrogen-bond acceptors (Lipinski definition) is 4. The van der Waals surface area contributed by atoms with E-state index in [-0.39, 0.29) is 0 Å². The molecule has 0 saturated heterocycles. The fourth-order valence-corrected chi connectivity index (χ4v) is 5.09. The molecule has 5 rings (SSSR count). The third-order valence-corrected chi connectivity index (χ3v) is 5.72. The van der Waals surface area contributed by atoms with Crippen LogP contribution in [0.2, 0.25) is 0 Å². The first kappa shape index (κ1) is 12.6. The van der Waals surface area contributed by atoms with Gasteiger partial charge in [0.1, 0.15) is 0 Å². The first-order chi connectivity index (χ1) is 9.72. The molecule has 4 aliphatic carbocycles. The zero-order valence-corrected chi connectivity index (χ0v) is 12.1. The largest absolute Gasteiger partial charge is 0.420 e. The Morgan fingerprint density at radius 3 is 2.35 bits per heavy atom. The summed E-state index contributed by atoms with van der Waals surface area (Å²) in [4.78, 5) is 0. The summed E-state index contributed by atoms with van der Waals surface area (Å²) in [6.07, 6.45) is 9.70. The Hall–Kier alpha value is -1.16. The predicted octanol–water partition coefficient (Wildman–Crippen LogP) is 3.00. The number of aromatic nitrogens is 2. The summed E-state index contributed by atoms with van der Waals surface area (Å²) in [5, 5.41) is 8.06. The summed E-state index contributed by atoms with van der Waals surface area (Å²) in [7, 11) is 0. The molecular formula is C16H23N3O. The smallest absolute Gasteiger partial charge is 0.243 e. The molecule has 4 fully saturated rings. The molecule has 4 heteroatoms. The third kappa shape index (κ3) is 2.01. The van der Waals surface area contributed by atoms with Crippen molar-refractivity contribution in [3.05, 3.63) is 17.9 Å². The molecule has 1 aromatic heterocycles. The van der Waals surface area contributed by atoms with Crippen molar-refractivity contribution in [1.82, 2.24) is 10.2 Å². The molecule has 4 saturated carbocycles. The molecule has 4 nitrogen and oxygen atoms in total. The highest BCUT2D eigenvalue weighted by Crippen LogP contribution is 2.57. The van der Waals surface area contributed by atoms with Gasteiger partial charge in [0.2, 0.25) is 11.8 Å². The zero-order chi connectivity index (χ0) is 13.7. The Morgan fingerprint density at radius 1 is 1.15 bits per heavy atom. The van der Waals surface area contributed by atoms with E-state index in [9.17, 15) is 0 Å². The summed E-state index contributed by atoms with van der Waals surface area (Å²) >= 11 is 0. The molecule has 0 aliphatic heterocycles. The molecule has 2 N–H and O–H groups in total. The maximum absolute atomic E-state index is 5.57. The van der Waals surface area contributed by atoms with Gasteiger partial charge in [-0.1, -0.05) is 6.08 Å². The zero-order valence-electron chi connectivity index (χ0n) is 12.1. The van der Waals surface area contributed by atoms with Gasteiger partial charge in [0.05, 0.1) is 6.54 Å². The van der Waals surface area contributed by atoms with Crippen LogP contribution in [0.15, 0.2) is 10.5 Å². The van der Waals surface area contributed by atoms with Gasteiger partial charge in [0, 0.05) is 5.57 Å². The lowest BCUT2D eigenvalue weighted by atomic mass is 9.52. The number of nitrogens with two attached hydrogens (primary N) is 1. The molecule has 20 heavy (non-hydrogen) atoms. The molecule has 0 radical (unpaired) electrons. The molecule has 0 atom stereocenters. The van der Waals surface area contributed by atoms with Crippen LogP contribution >= 0.6 is 0 Å². The van der Waals surface area contributed by atoms with Crippen LogP contribution in [-0.4, -0.2) is 10.2 Å². The van der Waals surface area contributed by atoms with E-state index in [2.05, 4.69) is 23.2 Å². The summed E-state index contributed by atoms with van der Waals surface area (Å²) in [5.41, 5.74) is 6.66. The van der Waals surface area contributed by atoms with E-state index in [0.29, 0.717) is 18.3 Å². The lowest BCUT2D eigenvalue weighted by Crippen LogP contribution is -2.44. The fraction of sp³-hybridized carbons (Fsp3) is 0.750. The van der Waals surface area contributed by atoms with Gasteiger partial charge in [-0.15, -0.1) is 10.2 Å². The topological polar surface area (TPSA) is 64.9 Å². The van der Waals surface area contributed by atoms with E-state index in [0.717, 1.165) is 35.2 Å². The minimum absolute atomic E-state index is 0.318. The van der Waals surface area contributed by atoms with Crippen molar-refractivity contribution in [3.8, 4) is 0 Å². The van der Waals surface area contributed by atoms with E-state index >= 15 is 0 Å². The van der Waals surface area contributed by atoms with Crippen molar-refractivity contribution in [2.24, 2.45) is 35.3 Å². The standard InChI is InChI=1S/C16H23N3O/c1-9(16-19-18-15(8-17)20-16)2-14-12-4-10-3-11(6-12)7-13(14)5-10/h2,10-14H,3-8,17H2,1H3/b9-2+. The van der Waals surface area contributed by atoms with Crippen LogP contribution in [-0.2, 0) is 6.54 Å². The highest BCUT2D eigenvalue weighted by atomic mass is 16.4. The van der Waals surface area contributed by atoms with Gasteiger partial charge in [-0.25, -0.2) is 0 Å². The van der Waals surface area contributed by atoms with Crippen molar-refractivity contribution in [2.45, 2.75) is 45.6 Å². The molecule has 4 aliphatic rings. The molecule has 0 unspecified atom stereocenters. The molecule has 0 aromatic carbocycles. The van der Waals surface area contributed by atoms with Gasteiger partial charge in [-0.2, -0.15) is 0 Å². The molecule has 1 aromatic rings. The lowest BCUT2D eigenvalue weighted by molar-refractivity contribution is -0.0160. The molecule has 1 heterocycles. The first-order valence-corrected chi connectivity index (χ1v) is 7.94. The highest BCUT2D eigenvalue weighted by Gasteiger charge is 2.47. The number of allylic oxidation sites excluding steroid dienone is 2. The molecule has 0 amide bonds. The highest BCUT2D eigenvalue weighted by molar-refractivity contribution is 5.56. The van der Waals surface area contributed by atoms with Crippen molar-refractivity contribution in [1.29, 1.82) is 0 Å². The SMILES string of the molecule is C/C(=C\C1C2CC3CC(C2)CC1C3)c1nnc(CN)o1. The second-order valence-corrected chi connectivity index (χ2v) is 7.06. The minimum Gasteiger partial charge on any atom is -0.420 e. The number of hydrogen-bond donors (Lipinski definition) is 1. The second kappa shape index (κ2) is 4.69. The van der Waals surface area contributed by atoms with Crippen LogP contribution in [0.3, 0.4) is 0 Å². The molecule has 108 valence electrons. The normalized spacial score (nSPS) is 39.5. The number of nitrogens with zero attached hydrogens (tertiary/aromatic N) is 2. The van der Waals surface area contributed by atoms with Gasteiger partial charge in [-0.05, 0) is 68.6 Å². The van der Waals surface area contributed by atoms with E-state index in [1.807, 2.05) is 0 Å². The van der Waals surface area contributed by atoms with Gasteiger partial charge >= 0.3 is 0 Å². The average Bonchev–Trinajstić information content (AvgIpc) is 2.91. The Morgan fingerprint density at radius 2 is 1.80 bits per heavy atom. The minimum atomic E-state index is 0.318. The first-order valence-electron chi connectivity index (χ1n) is 7.94. The van der Waals surface area contributed by atoms with Crippen LogP contribution in [0.1, 0.15) is 50.8 Å². The fourth-order valence-electron chi connectivity index (χ4n) is 5.09. The Labute approximate surface area is 119 Å². The Balaban J connectivity index is 1.57. The summed E-state index contributed by atoms with van der Waals surface area (Å²) in [6, 6.07) is 0.